The van der Waals surface area contributed by atoms with Gasteiger partial charge in [0.15, 0.2) is 5.82 Å². The lowest BCUT2D eigenvalue weighted by Gasteiger charge is -2.23. The Bertz CT molecular complexity index is 1260. The molecule has 0 bridgehead atoms. The summed E-state index contributed by atoms with van der Waals surface area (Å²) in [7, 11) is 1.89. The van der Waals surface area contributed by atoms with Crippen LogP contribution in [0, 0.1) is 0 Å². The Morgan fingerprint density at radius 1 is 1.32 bits per heavy atom. The number of aliphatic imine (C=N–C) groups is 1. The Balaban J connectivity index is 1.44. The van der Waals surface area contributed by atoms with Crippen molar-refractivity contribution < 1.29 is 18.0 Å². The summed E-state index contributed by atoms with van der Waals surface area (Å²) in [6.45, 7) is 2.39. The van der Waals surface area contributed by atoms with Crippen molar-refractivity contribution in [3.8, 4) is 0 Å². The van der Waals surface area contributed by atoms with Gasteiger partial charge in [0.25, 0.3) is 0 Å². The quantitative estimate of drug-likeness (QED) is 0.530. The summed E-state index contributed by atoms with van der Waals surface area (Å²) in [5.41, 5.74) is 7.23. The van der Waals surface area contributed by atoms with Crippen LogP contribution < -0.4 is 16.0 Å². The fraction of sp³-hybridized carbons (Fsp3) is 0.318. The minimum Gasteiger partial charge on any atom is -0.404 e. The highest BCUT2D eigenvalue weighted by molar-refractivity contribution is 5.98. The number of halogens is 3. The molecule has 0 aromatic carbocycles. The van der Waals surface area contributed by atoms with Crippen molar-refractivity contribution in [2.75, 3.05) is 23.8 Å². The Kier molecular flexibility index (Phi) is 6.22. The smallest absolute Gasteiger partial charge is 0.404 e. The van der Waals surface area contributed by atoms with Gasteiger partial charge in [0.05, 0.1) is 12.1 Å². The Labute approximate surface area is 193 Å². The summed E-state index contributed by atoms with van der Waals surface area (Å²) in [5, 5.41) is 3.12. The van der Waals surface area contributed by atoms with Crippen LogP contribution in [-0.4, -0.2) is 51.3 Å². The summed E-state index contributed by atoms with van der Waals surface area (Å²) >= 11 is 0. The molecule has 0 radical (unpaired) electrons. The highest BCUT2D eigenvalue weighted by Gasteiger charge is 2.32. The minimum absolute atomic E-state index is 0.00906. The van der Waals surface area contributed by atoms with Crippen molar-refractivity contribution in [3.05, 3.63) is 53.6 Å². The third-order valence-corrected chi connectivity index (χ3v) is 5.56. The number of carbonyl (C=O) groups is 1. The fourth-order valence-corrected chi connectivity index (χ4v) is 3.54. The van der Waals surface area contributed by atoms with Gasteiger partial charge >= 0.3 is 6.18 Å². The van der Waals surface area contributed by atoms with Crippen LogP contribution in [0.3, 0.4) is 0 Å². The standard InChI is InChI=1S/C22H23F3N8O/c1-13-7-18(34)33-6-5-16-19(33)20(32(13)2)31-21(30-16)29-12-15(8-26)10-27-9-14-3-4-17(28-11-14)22(23,24)25/h3-6,8,10-11,13H,7,9,12,26H2,1-2H3,(H,29,30,31)/b15-8+,27-10?/t13-/m1/s1. The molecule has 0 aliphatic carbocycles. The predicted molar refractivity (Wildman–Crippen MR) is 123 cm³/mol. The zero-order valence-electron chi connectivity index (χ0n) is 18.5. The van der Waals surface area contributed by atoms with Gasteiger partial charge < -0.3 is 16.0 Å². The van der Waals surface area contributed by atoms with Crippen LogP contribution in [0.25, 0.3) is 11.0 Å². The number of hydrogen-bond donors (Lipinski definition) is 2. The predicted octanol–water partition coefficient (Wildman–Crippen LogP) is 3.24. The number of nitrogens with one attached hydrogen (secondary N) is 1. The molecule has 0 saturated carbocycles. The van der Waals surface area contributed by atoms with Crippen LogP contribution in [0.1, 0.15) is 29.4 Å². The second-order valence-corrected chi connectivity index (χ2v) is 7.96. The van der Waals surface area contributed by atoms with Crippen molar-refractivity contribution in [2.45, 2.75) is 32.1 Å². The minimum atomic E-state index is -4.48. The Morgan fingerprint density at radius 3 is 2.79 bits per heavy atom. The summed E-state index contributed by atoms with van der Waals surface area (Å²) in [5.74, 6) is 1.01. The van der Waals surface area contributed by atoms with Crippen LogP contribution in [0.2, 0.25) is 0 Å². The number of carbonyl (C=O) groups excluding carboxylic acids is 1. The van der Waals surface area contributed by atoms with Crippen molar-refractivity contribution in [2.24, 2.45) is 10.7 Å². The molecule has 0 unspecified atom stereocenters. The SMILES string of the molecule is C[C@@H]1CC(=O)n2ccc3nc(NC/C(C=NCc4ccc(C(F)(F)F)nc4)=C/N)nc(c32)N1C. The average Bonchev–Trinajstić information content (AvgIpc) is 3.20. The van der Waals surface area contributed by atoms with E-state index in [9.17, 15) is 18.0 Å². The molecule has 0 fully saturated rings. The first-order valence-electron chi connectivity index (χ1n) is 10.5. The summed E-state index contributed by atoms with van der Waals surface area (Å²) < 4.78 is 39.4. The van der Waals surface area contributed by atoms with E-state index in [1.807, 2.05) is 18.9 Å². The fourth-order valence-electron chi connectivity index (χ4n) is 3.54. The van der Waals surface area contributed by atoms with E-state index in [0.717, 1.165) is 12.3 Å². The Hall–Kier alpha value is -3.96. The van der Waals surface area contributed by atoms with E-state index < -0.39 is 11.9 Å². The second kappa shape index (κ2) is 9.12. The molecule has 178 valence electrons. The molecule has 9 nitrogen and oxygen atoms in total. The van der Waals surface area contributed by atoms with Crippen molar-refractivity contribution in [3.63, 3.8) is 0 Å². The molecule has 4 rings (SSSR count). The molecular weight excluding hydrogens is 449 g/mol. The van der Waals surface area contributed by atoms with E-state index in [2.05, 4.69) is 25.3 Å². The maximum Gasteiger partial charge on any atom is 0.433 e. The molecule has 1 atom stereocenters. The summed E-state index contributed by atoms with van der Waals surface area (Å²) in [6.07, 6.45) is 1.64. The molecule has 4 heterocycles. The van der Waals surface area contributed by atoms with Gasteiger partial charge in [-0.25, -0.2) is 4.98 Å². The molecule has 34 heavy (non-hydrogen) atoms. The highest BCUT2D eigenvalue weighted by atomic mass is 19.4. The number of alkyl halides is 3. The van der Waals surface area contributed by atoms with Gasteiger partial charge in [0.1, 0.15) is 11.2 Å². The summed E-state index contributed by atoms with van der Waals surface area (Å²) in [4.78, 5) is 31.2. The molecule has 0 amide bonds. The molecule has 0 saturated heterocycles. The number of nitrogens with two attached hydrogens (primary N) is 1. The first-order valence-corrected chi connectivity index (χ1v) is 10.5. The van der Waals surface area contributed by atoms with E-state index in [1.165, 1.54) is 18.5 Å². The van der Waals surface area contributed by atoms with Gasteiger partial charge in [0, 0.05) is 56.4 Å². The molecule has 0 spiro atoms. The Morgan fingerprint density at radius 2 is 2.12 bits per heavy atom. The third kappa shape index (κ3) is 4.70. The third-order valence-electron chi connectivity index (χ3n) is 5.56. The highest BCUT2D eigenvalue weighted by Crippen LogP contribution is 2.30. The van der Waals surface area contributed by atoms with Gasteiger partial charge in [-0.05, 0) is 24.6 Å². The topological polar surface area (TPSA) is 114 Å². The zero-order chi connectivity index (χ0) is 24.5. The van der Waals surface area contributed by atoms with Crippen LogP contribution >= 0.6 is 0 Å². The lowest BCUT2D eigenvalue weighted by molar-refractivity contribution is -0.141. The van der Waals surface area contributed by atoms with Crippen molar-refractivity contribution in [1.29, 1.82) is 0 Å². The molecule has 3 aromatic heterocycles. The van der Waals surface area contributed by atoms with Gasteiger partial charge in [-0.2, -0.15) is 18.2 Å². The van der Waals surface area contributed by atoms with Crippen molar-refractivity contribution >= 4 is 34.9 Å². The average molecular weight is 472 g/mol. The molecule has 1 aliphatic heterocycles. The van der Waals surface area contributed by atoms with Gasteiger partial charge in [-0.15, -0.1) is 0 Å². The normalized spacial score (nSPS) is 17.0. The lowest BCUT2D eigenvalue weighted by atomic mass is 10.2. The molecule has 12 heteroatoms. The lowest BCUT2D eigenvalue weighted by Crippen LogP contribution is -2.30. The van der Waals surface area contributed by atoms with Crippen LogP contribution in [0.5, 0.6) is 0 Å². The van der Waals surface area contributed by atoms with Crippen molar-refractivity contribution in [1.82, 2.24) is 19.5 Å². The van der Waals surface area contributed by atoms with Gasteiger partial charge in [-0.1, -0.05) is 6.07 Å². The van der Waals surface area contributed by atoms with Crippen LogP contribution in [-0.2, 0) is 12.7 Å². The molecule has 3 aromatic rings. The van der Waals surface area contributed by atoms with E-state index in [4.69, 9.17) is 5.73 Å². The number of hydrogen-bond acceptors (Lipinski definition) is 8. The second-order valence-electron chi connectivity index (χ2n) is 7.96. The first kappa shape index (κ1) is 23.2. The number of nitrogens with zero attached hydrogens (tertiary/aromatic N) is 6. The monoisotopic (exact) mass is 472 g/mol. The molecule has 3 N–H and O–H groups in total. The van der Waals surface area contributed by atoms with E-state index >= 15 is 0 Å². The number of anilines is 2. The maximum atomic E-state index is 12.6. The summed E-state index contributed by atoms with van der Waals surface area (Å²) in [6, 6.07) is 4.01. The largest absolute Gasteiger partial charge is 0.433 e. The molecular formula is C22H23F3N8O. The van der Waals surface area contributed by atoms with Crippen LogP contribution in [0.4, 0.5) is 24.9 Å². The van der Waals surface area contributed by atoms with E-state index in [1.54, 1.807) is 16.8 Å². The number of pyridine rings is 1. The van der Waals surface area contributed by atoms with Gasteiger partial charge in [0.2, 0.25) is 11.9 Å². The van der Waals surface area contributed by atoms with E-state index in [0.29, 0.717) is 40.4 Å². The zero-order valence-corrected chi connectivity index (χ0v) is 18.5. The number of rotatable bonds is 6. The number of aromatic nitrogens is 4. The van der Waals surface area contributed by atoms with Crippen LogP contribution in [0.15, 0.2) is 47.4 Å². The molecule has 1 aliphatic rings. The first-order chi connectivity index (χ1) is 16.2. The van der Waals surface area contributed by atoms with E-state index in [-0.39, 0.29) is 25.0 Å². The van der Waals surface area contributed by atoms with Gasteiger partial charge in [-0.3, -0.25) is 19.3 Å². The maximum absolute atomic E-state index is 12.6.